The number of ether oxygens (including phenoxy) is 1. The standard InChI is InChI=1S/C17H22N2O5S2.ClH/c1-4-5-11-24-13-6-8-14(9-7-13)26(22,23)19-10-12-25-17(2,3)15(19)16(20)18-21;/h6-9,15,21H,10-12H2,1-3H3,(H,18,20);1H. The summed E-state index contributed by atoms with van der Waals surface area (Å²) in [6, 6.07) is 4.95. The van der Waals surface area contributed by atoms with Crippen molar-refractivity contribution in [2.24, 2.45) is 0 Å². The van der Waals surface area contributed by atoms with Crippen molar-refractivity contribution in [2.75, 3.05) is 18.9 Å². The van der Waals surface area contributed by atoms with Gasteiger partial charge in [0.15, 0.2) is 0 Å². The van der Waals surface area contributed by atoms with E-state index >= 15 is 0 Å². The molecule has 2 N–H and O–H groups in total. The van der Waals surface area contributed by atoms with Gasteiger partial charge in [0.2, 0.25) is 10.0 Å². The van der Waals surface area contributed by atoms with Crippen LogP contribution in [-0.4, -0.2) is 53.5 Å². The van der Waals surface area contributed by atoms with E-state index in [1.807, 2.05) is 0 Å². The van der Waals surface area contributed by atoms with Crippen LogP contribution in [0.3, 0.4) is 0 Å². The number of thioether (sulfide) groups is 1. The molecule has 27 heavy (non-hydrogen) atoms. The van der Waals surface area contributed by atoms with Crippen molar-refractivity contribution in [1.29, 1.82) is 0 Å². The van der Waals surface area contributed by atoms with Gasteiger partial charge in [-0.15, -0.1) is 18.3 Å². The number of sulfonamides is 1. The Bertz CT molecular complexity index is 816. The average molecular weight is 435 g/mol. The molecule has 1 aromatic carbocycles. The molecule has 0 aromatic heterocycles. The van der Waals surface area contributed by atoms with Gasteiger partial charge in [-0.2, -0.15) is 16.1 Å². The van der Waals surface area contributed by atoms with Crippen molar-refractivity contribution in [3.63, 3.8) is 0 Å². The molecule has 1 atom stereocenters. The number of rotatable bonds is 5. The maximum atomic E-state index is 13.1. The Morgan fingerprint density at radius 2 is 2.04 bits per heavy atom. The highest BCUT2D eigenvalue weighted by molar-refractivity contribution is 8.00. The van der Waals surface area contributed by atoms with Crippen LogP contribution in [0.1, 0.15) is 20.8 Å². The number of benzene rings is 1. The molecule has 0 spiro atoms. The van der Waals surface area contributed by atoms with Gasteiger partial charge in [-0.25, -0.2) is 13.9 Å². The number of amides is 1. The quantitative estimate of drug-likeness (QED) is 0.417. The van der Waals surface area contributed by atoms with Crippen LogP contribution in [0.4, 0.5) is 0 Å². The van der Waals surface area contributed by atoms with Gasteiger partial charge < -0.3 is 4.74 Å². The van der Waals surface area contributed by atoms with Crippen LogP contribution in [0.25, 0.3) is 0 Å². The lowest BCUT2D eigenvalue weighted by Gasteiger charge is -2.43. The Balaban J connectivity index is 0.00000364. The third kappa shape index (κ3) is 5.30. The van der Waals surface area contributed by atoms with Crippen molar-refractivity contribution < 1.29 is 23.2 Å². The predicted molar refractivity (Wildman–Crippen MR) is 107 cm³/mol. The molecule has 0 saturated carbocycles. The van der Waals surface area contributed by atoms with Crippen LogP contribution < -0.4 is 10.2 Å². The first-order valence-corrected chi connectivity index (χ1v) is 10.4. The molecule has 1 fully saturated rings. The average Bonchev–Trinajstić information content (AvgIpc) is 2.61. The van der Waals surface area contributed by atoms with E-state index in [1.165, 1.54) is 23.9 Å². The third-order valence-electron chi connectivity index (χ3n) is 4.01. The summed E-state index contributed by atoms with van der Waals surface area (Å²) >= 11 is 1.49. The van der Waals surface area contributed by atoms with E-state index in [0.29, 0.717) is 11.5 Å². The van der Waals surface area contributed by atoms with Gasteiger partial charge in [0.05, 0.1) is 4.90 Å². The van der Waals surface area contributed by atoms with Crippen LogP contribution in [-0.2, 0) is 14.8 Å². The second-order valence-electron chi connectivity index (χ2n) is 6.13. The van der Waals surface area contributed by atoms with Gasteiger partial charge >= 0.3 is 0 Å². The molecule has 1 amide bonds. The Kier molecular flexibility index (Phi) is 8.45. The zero-order valence-corrected chi connectivity index (χ0v) is 17.7. The summed E-state index contributed by atoms with van der Waals surface area (Å²) < 4.78 is 32.0. The fourth-order valence-electron chi connectivity index (χ4n) is 2.75. The lowest BCUT2D eigenvalue weighted by atomic mass is 10.0. The topological polar surface area (TPSA) is 95.9 Å². The molecule has 10 heteroatoms. The van der Waals surface area contributed by atoms with Gasteiger partial charge in [-0.1, -0.05) is 5.92 Å². The zero-order valence-electron chi connectivity index (χ0n) is 15.3. The van der Waals surface area contributed by atoms with Crippen LogP contribution in [0, 0.1) is 11.8 Å². The highest BCUT2D eigenvalue weighted by atomic mass is 35.5. The molecule has 1 heterocycles. The van der Waals surface area contributed by atoms with E-state index < -0.39 is 26.7 Å². The Hall–Kier alpha value is -1.44. The predicted octanol–water partition coefficient (Wildman–Crippen LogP) is 1.90. The number of hydrogen-bond acceptors (Lipinski definition) is 6. The van der Waals surface area contributed by atoms with E-state index in [9.17, 15) is 13.2 Å². The fourth-order valence-corrected chi connectivity index (χ4v) is 5.86. The second kappa shape index (κ2) is 9.66. The van der Waals surface area contributed by atoms with E-state index in [0.717, 1.165) is 4.31 Å². The molecule has 0 radical (unpaired) electrons. The molecule has 0 aliphatic carbocycles. The maximum absolute atomic E-state index is 13.1. The summed E-state index contributed by atoms with van der Waals surface area (Å²) in [7, 11) is -3.91. The molecule has 1 unspecified atom stereocenters. The maximum Gasteiger partial charge on any atom is 0.263 e. The molecule has 1 saturated heterocycles. The van der Waals surface area contributed by atoms with Crippen LogP contribution in [0.5, 0.6) is 5.75 Å². The number of carbonyl (C=O) groups excluding carboxylic acids is 1. The van der Waals surface area contributed by atoms with E-state index in [2.05, 4.69) is 11.8 Å². The summed E-state index contributed by atoms with van der Waals surface area (Å²) in [5.74, 6) is 5.78. The summed E-state index contributed by atoms with van der Waals surface area (Å²) in [6.07, 6.45) is 0. The number of nitrogens with zero attached hydrogens (tertiary/aromatic N) is 1. The molecule has 1 aromatic rings. The summed E-state index contributed by atoms with van der Waals surface area (Å²) in [5.41, 5.74) is 1.59. The highest BCUT2D eigenvalue weighted by Gasteiger charge is 2.48. The smallest absolute Gasteiger partial charge is 0.263 e. The van der Waals surface area contributed by atoms with Crippen molar-refractivity contribution in [1.82, 2.24) is 9.79 Å². The van der Waals surface area contributed by atoms with Gasteiger partial charge in [-0.05, 0) is 45.0 Å². The fraction of sp³-hybridized carbons (Fsp3) is 0.471. The SMILES string of the molecule is CC#CCOc1ccc(S(=O)(=O)N2CCSC(C)(C)C2C(=O)NO)cc1.Cl. The van der Waals surface area contributed by atoms with Crippen molar-refractivity contribution in [3.05, 3.63) is 24.3 Å². The van der Waals surface area contributed by atoms with Gasteiger partial charge in [0.1, 0.15) is 18.4 Å². The molecule has 0 bridgehead atoms. The molecule has 150 valence electrons. The molecule has 1 aliphatic heterocycles. The normalized spacial score (nSPS) is 19.2. The molecule has 2 rings (SSSR count). The lowest BCUT2D eigenvalue weighted by molar-refractivity contribution is -0.134. The minimum Gasteiger partial charge on any atom is -0.481 e. The summed E-state index contributed by atoms with van der Waals surface area (Å²) in [6.45, 7) is 5.67. The molecular weight excluding hydrogens is 412 g/mol. The minimum absolute atomic E-state index is 0. The lowest BCUT2D eigenvalue weighted by Crippen LogP contribution is -2.61. The van der Waals surface area contributed by atoms with Gasteiger partial charge in [0, 0.05) is 17.0 Å². The molecule has 7 nitrogen and oxygen atoms in total. The first-order chi connectivity index (χ1) is 12.2. The van der Waals surface area contributed by atoms with E-state index in [4.69, 9.17) is 9.94 Å². The molecular formula is C17H23ClN2O5S2. The molecule has 1 aliphatic rings. The van der Waals surface area contributed by atoms with Crippen molar-refractivity contribution in [2.45, 2.75) is 36.5 Å². The van der Waals surface area contributed by atoms with E-state index in [1.54, 1.807) is 38.4 Å². The second-order valence-corrected chi connectivity index (χ2v) is 9.77. The van der Waals surface area contributed by atoms with Crippen LogP contribution in [0.15, 0.2) is 29.2 Å². The number of hydrogen-bond donors (Lipinski definition) is 2. The number of halogens is 1. The van der Waals surface area contributed by atoms with Crippen molar-refractivity contribution >= 4 is 40.1 Å². The van der Waals surface area contributed by atoms with Crippen molar-refractivity contribution in [3.8, 4) is 17.6 Å². The van der Waals surface area contributed by atoms with Crippen LogP contribution >= 0.6 is 24.2 Å². The Labute approximate surface area is 170 Å². The third-order valence-corrected chi connectivity index (χ3v) is 7.24. The summed E-state index contributed by atoms with van der Waals surface area (Å²) in [4.78, 5) is 12.2. The highest BCUT2D eigenvalue weighted by Crippen LogP contribution is 2.38. The zero-order chi connectivity index (χ0) is 19.4. The van der Waals surface area contributed by atoms with Gasteiger partial charge in [-0.3, -0.25) is 10.0 Å². The number of nitrogens with one attached hydrogen (secondary N) is 1. The van der Waals surface area contributed by atoms with Crippen LogP contribution in [0.2, 0.25) is 0 Å². The van der Waals surface area contributed by atoms with Gasteiger partial charge in [0.25, 0.3) is 5.91 Å². The Morgan fingerprint density at radius 3 is 2.59 bits per heavy atom. The minimum atomic E-state index is -3.91. The largest absolute Gasteiger partial charge is 0.481 e. The Morgan fingerprint density at radius 1 is 1.41 bits per heavy atom. The number of hydroxylamine groups is 1. The first kappa shape index (κ1) is 23.6. The monoisotopic (exact) mass is 434 g/mol. The number of carbonyl (C=O) groups is 1. The van der Waals surface area contributed by atoms with E-state index in [-0.39, 0.29) is 30.5 Å². The summed E-state index contributed by atoms with van der Waals surface area (Å²) in [5, 5.41) is 9.05. The first-order valence-electron chi connectivity index (χ1n) is 7.96.